The molecule has 0 aliphatic carbocycles. The fourth-order valence-electron chi connectivity index (χ4n) is 2.93. The van der Waals surface area contributed by atoms with Crippen LogP contribution in [-0.4, -0.2) is 36.9 Å². The van der Waals surface area contributed by atoms with E-state index in [1.54, 1.807) is 0 Å². The molecule has 2 unspecified atom stereocenters. The summed E-state index contributed by atoms with van der Waals surface area (Å²) in [5.41, 5.74) is 0. The van der Waals surface area contributed by atoms with Gasteiger partial charge < -0.3 is 14.6 Å². The zero-order valence-corrected chi connectivity index (χ0v) is 18.6. The summed E-state index contributed by atoms with van der Waals surface area (Å²) in [6, 6.07) is 0. The van der Waals surface area contributed by atoms with E-state index in [1.165, 1.54) is 32.8 Å². The summed E-state index contributed by atoms with van der Waals surface area (Å²) in [6.07, 6.45) is 12.4. The summed E-state index contributed by atoms with van der Waals surface area (Å²) < 4.78 is 10.4. The van der Waals surface area contributed by atoms with Crippen LogP contribution in [-0.2, 0) is 24.0 Å². The number of hydrogen-bond donors (Lipinski definition) is 1. The lowest BCUT2D eigenvalue weighted by Crippen LogP contribution is -2.24. The topological polar surface area (TPSA) is 74.2 Å². The first-order valence-electron chi connectivity index (χ1n) is 11.2. The molecule has 0 aromatic heterocycles. The number of aliphatic hydroxyl groups is 1. The molecule has 1 N–H and O–H groups in total. The van der Waals surface area contributed by atoms with Crippen LogP contribution >= 0.6 is 0 Å². The third-order valence-electron chi connectivity index (χ3n) is 4.55. The standard InChI is InChI=1S/C22H44O6/c1-5-6-7-8-10-14-17-21(24)27-28-22(26-19(2)3)18-15-12-9-11-13-16-20(23)25-4/h19,21-22,24H,5-18H2,1-4H3. The molecule has 0 aromatic rings. The van der Waals surface area contributed by atoms with Gasteiger partial charge in [-0.2, -0.15) is 0 Å². The molecule has 0 amide bonds. The molecule has 6 heteroatoms. The van der Waals surface area contributed by atoms with E-state index in [4.69, 9.17) is 14.5 Å². The second kappa shape index (κ2) is 19.6. The Kier molecular flexibility index (Phi) is 19.1. The fraction of sp³-hybridized carbons (Fsp3) is 0.955. The Balaban J connectivity index is 3.81. The first kappa shape index (κ1) is 27.3. The van der Waals surface area contributed by atoms with Crippen LogP contribution in [0.3, 0.4) is 0 Å². The molecule has 28 heavy (non-hydrogen) atoms. The first-order valence-corrected chi connectivity index (χ1v) is 11.2. The van der Waals surface area contributed by atoms with E-state index in [2.05, 4.69) is 11.7 Å². The number of aliphatic hydroxyl groups excluding tert-OH is 1. The van der Waals surface area contributed by atoms with Crippen LogP contribution in [0.4, 0.5) is 0 Å². The Hall–Kier alpha value is -0.690. The van der Waals surface area contributed by atoms with E-state index >= 15 is 0 Å². The molecule has 0 heterocycles. The zero-order chi connectivity index (χ0) is 21.0. The minimum atomic E-state index is -0.900. The fourth-order valence-corrected chi connectivity index (χ4v) is 2.93. The first-order chi connectivity index (χ1) is 13.5. The lowest BCUT2D eigenvalue weighted by atomic mass is 10.1. The lowest BCUT2D eigenvalue weighted by molar-refractivity contribution is -0.433. The van der Waals surface area contributed by atoms with Crippen LogP contribution in [0.5, 0.6) is 0 Å². The number of ether oxygens (including phenoxy) is 2. The van der Waals surface area contributed by atoms with Gasteiger partial charge in [-0.05, 0) is 33.1 Å². The van der Waals surface area contributed by atoms with E-state index < -0.39 is 12.6 Å². The van der Waals surface area contributed by atoms with Crippen molar-refractivity contribution in [1.29, 1.82) is 0 Å². The second-order valence-electron chi connectivity index (χ2n) is 7.70. The number of methoxy groups -OCH3 is 1. The molecule has 6 nitrogen and oxygen atoms in total. The second-order valence-corrected chi connectivity index (χ2v) is 7.70. The van der Waals surface area contributed by atoms with Crippen molar-refractivity contribution < 1.29 is 29.1 Å². The van der Waals surface area contributed by atoms with Gasteiger partial charge in [-0.25, -0.2) is 9.78 Å². The minimum absolute atomic E-state index is 0.0318. The maximum atomic E-state index is 11.1. The van der Waals surface area contributed by atoms with Gasteiger partial charge in [0.05, 0.1) is 13.2 Å². The van der Waals surface area contributed by atoms with E-state index in [0.717, 1.165) is 51.4 Å². The van der Waals surface area contributed by atoms with Crippen LogP contribution in [0.25, 0.3) is 0 Å². The van der Waals surface area contributed by atoms with Crippen molar-refractivity contribution in [2.24, 2.45) is 0 Å². The van der Waals surface area contributed by atoms with Gasteiger partial charge in [-0.3, -0.25) is 4.79 Å². The maximum absolute atomic E-state index is 11.1. The zero-order valence-electron chi connectivity index (χ0n) is 18.6. The molecule has 168 valence electrons. The maximum Gasteiger partial charge on any atom is 0.305 e. The molecule has 0 saturated carbocycles. The molecule has 0 spiro atoms. The highest BCUT2D eigenvalue weighted by Crippen LogP contribution is 2.15. The summed E-state index contributed by atoms with van der Waals surface area (Å²) in [5, 5.41) is 9.93. The molecule has 0 saturated heterocycles. The number of hydrogen-bond acceptors (Lipinski definition) is 6. The Bertz CT molecular complexity index is 348. The van der Waals surface area contributed by atoms with Crippen LogP contribution in [0.15, 0.2) is 0 Å². The number of carbonyl (C=O) groups excluding carboxylic acids is 1. The number of esters is 1. The van der Waals surface area contributed by atoms with Crippen LogP contribution in [0, 0.1) is 0 Å². The highest BCUT2D eigenvalue weighted by atomic mass is 17.2. The number of rotatable bonds is 20. The normalized spacial score (nSPS) is 13.6. The van der Waals surface area contributed by atoms with Crippen molar-refractivity contribution in [3.05, 3.63) is 0 Å². The highest BCUT2D eigenvalue weighted by molar-refractivity contribution is 5.68. The van der Waals surface area contributed by atoms with Gasteiger partial charge >= 0.3 is 5.97 Å². The molecule has 0 aromatic carbocycles. The molecule has 0 fully saturated rings. The molecule has 2 atom stereocenters. The molecule has 0 rings (SSSR count). The van der Waals surface area contributed by atoms with Crippen molar-refractivity contribution in [3.8, 4) is 0 Å². The van der Waals surface area contributed by atoms with E-state index in [1.807, 2.05) is 13.8 Å². The molecule has 0 bridgehead atoms. The minimum Gasteiger partial charge on any atom is -0.469 e. The quantitative estimate of drug-likeness (QED) is 0.0928. The van der Waals surface area contributed by atoms with Crippen LogP contribution < -0.4 is 0 Å². The van der Waals surface area contributed by atoms with E-state index in [0.29, 0.717) is 12.8 Å². The predicted octanol–water partition coefficient (Wildman–Crippen LogP) is 5.66. The van der Waals surface area contributed by atoms with Gasteiger partial charge in [0.2, 0.25) is 0 Å². The summed E-state index contributed by atoms with van der Waals surface area (Å²) >= 11 is 0. The largest absolute Gasteiger partial charge is 0.469 e. The summed E-state index contributed by atoms with van der Waals surface area (Å²) in [4.78, 5) is 21.6. The Morgan fingerprint density at radius 3 is 2.00 bits per heavy atom. The number of unbranched alkanes of at least 4 members (excludes halogenated alkanes) is 9. The van der Waals surface area contributed by atoms with Gasteiger partial charge in [0.25, 0.3) is 0 Å². The third kappa shape index (κ3) is 18.7. The van der Waals surface area contributed by atoms with Gasteiger partial charge in [0.15, 0.2) is 12.6 Å². The molecule has 0 aliphatic rings. The van der Waals surface area contributed by atoms with Crippen molar-refractivity contribution in [2.75, 3.05) is 7.11 Å². The predicted molar refractivity (Wildman–Crippen MR) is 111 cm³/mol. The van der Waals surface area contributed by atoms with Crippen molar-refractivity contribution >= 4 is 5.97 Å². The van der Waals surface area contributed by atoms with Crippen molar-refractivity contribution in [2.45, 2.75) is 129 Å². The molecule has 0 radical (unpaired) electrons. The SMILES string of the molecule is CCCCCCCCC(O)OOC(CCCCCCCC(=O)OC)OC(C)C. The Morgan fingerprint density at radius 1 is 0.821 bits per heavy atom. The van der Waals surface area contributed by atoms with Crippen LogP contribution in [0.2, 0.25) is 0 Å². The van der Waals surface area contributed by atoms with Crippen molar-refractivity contribution in [1.82, 2.24) is 0 Å². The van der Waals surface area contributed by atoms with Gasteiger partial charge in [-0.1, -0.05) is 58.3 Å². The Morgan fingerprint density at radius 2 is 1.39 bits per heavy atom. The van der Waals surface area contributed by atoms with E-state index in [9.17, 15) is 9.90 Å². The summed E-state index contributed by atoms with van der Waals surface area (Å²) in [7, 11) is 1.42. The monoisotopic (exact) mass is 404 g/mol. The lowest BCUT2D eigenvalue weighted by Gasteiger charge is -2.21. The molecular formula is C22H44O6. The Labute approximate surface area is 172 Å². The summed E-state index contributed by atoms with van der Waals surface area (Å²) in [5.74, 6) is -0.143. The number of carbonyl (C=O) groups is 1. The average Bonchev–Trinajstić information content (AvgIpc) is 2.67. The summed E-state index contributed by atoms with van der Waals surface area (Å²) in [6.45, 7) is 6.11. The van der Waals surface area contributed by atoms with Crippen LogP contribution in [0.1, 0.15) is 111 Å². The molecular weight excluding hydrogens is 360 g/mol. The smallest absolute Gasteiger partial charge is 0.305 e. The van der Waals surface area contributed by atoms with Gasteiger partial charge in [0.1, 0.15) is 0 Å². The van der Waals surface area contributed by atoms with Crippen molar-refractivity contribution in [3.63, 3.8) is 0 Å². The molecule has 0 aliphatic heterocycles. The van der Waals surface area contributed by atoms with E-state index in [-0.39, 0.29) is 12.1 Å². The third-order valence-corrected chi connectivity index (χ3v) is 4.55. The van der Waals surface area contributed by atoms with Gasteiger partial charge in [0, 0.05) is 19.3 Å². The average molecular weight is 405 g/mol. The van der Waals surface area contributed by atoms with Gasteiger partial charge in [-0.15, -0.1) is 0 Å². The highest BCUT2D eigenvalue weighted by Gasteiger charge is 2.15.